The molecule has 1 rings (SSSR count). The summed E-state index contributed by atoms with van der Waals surface area (Å²) in [5.41, 5.74) is 0.404. The summed E-state index contributed by atoms with van der Waals surface area (Å²) in [4.78, 5) is 11.3. The van der Waals surface area contributed by atoms with E-state index in [9.17, 15) is 4.79 Å². The van der Waals surface area contributed by atoms with Crippen LogP contribution in [0.1, 0.15) is 22.8 Å². The highest BCUT2D eigenvalue weighted by atomic mass is 35.5. The summed E-state index contributed by atoms with van der Waals surface area (Å²) >= 11 is 5.77. The number of hydrogen-bond donors (Lipinski definition) is 0. The Bertz CT molecular complexity index is 421. The molecule has 0 heterocycles. The van der Waals surface area contributed by atoms with Crippen LogP contribution >= 0.6 is 11.6 Å². The van der Waals surface area contributed by atoms with Gasteiger partial charge < -0.3 is 4.74 Å². The van der Waals surface area contributed by atoms with Crippen molar-refractivity contribution in [1.82, 2.24) is 0 Å². The molecule has 1 aromatic carbocycles. The highest BCUT2D eigenvalue weighted by molar-refractivity contribution is 6.32. The van der Waals surface area contributed by atoms with Gasteiger partial charge in [0, 0.05) is 0 Å². The maximum Gasteiger partial charge on any atom is 0.164 e. The summed E-state index contributed by atoms with van der Waals surface area (Å²) < 4.78 is 4.97. The number of hydrogen-bond acceptors (Lipinski definition) is 3. The third-order valence-electron chi connectivity index (χ3n) is 1.80. The zero-order valence-electron chi connectivity index (χ0n) is 7.80. The number of halogens is 1. The third kappa shape index (κ3) is 1.70. The van der Waals surface area contributed by atoms with Crippen molar-refractivity contribution in [2.24, 2.45) is 0 Å². The van der Waals surface area contributed by atoms with Crippen LogP contribution in [-0.4, -0.2) is 12.9 Å². The Labute approximate surface area is 86.9 Å². The number of benzene rings is 1. The Morgan fingerprint density at radius 3 is 2.64 bits per heavy atom. The van der Waals surface area contributed by atoms with Crippen molar-refractivity contribution in [3.05, 3.63) is 28.3 Å². The predicted octanol–water partition coefficient (Wildman–Crippen LogP) is 2.42. The lowest BCUT2D eigenvalue weighted by atomic mass is 10.0. The fraction of sp³-hybridized carbons (Fsp3) is 0.200. The molecule has 0 bridgehead atoms. The largest absolute Gasteiger partial charge is 0.496 e. The van der Waals surface area contributed by atoms with Crippen LogP contribution in [0.3, 0.4) is 0 Å². The number of nitriles is 1. The molecule has 0 saturated carbocycles. The second-order valence-corrected chi connectivity index (χ2v) is 3.07. The van der Waals surface area contributed by atoms with Gasteiger partial charge in [-0.15, -0.1) is 0 Å². The van der Waals surface area contributed by atoms with Crippen LogP contribution in [0.2, 0.25) is 5.02 Å². The molecule has 3 nitrogen and oxygen atoms in total. The predicted molar refractivity (Wildman–Crippen MR) is 52.7 cm³/mol. The Hall–Kier alpha value is -1.53. The van der Waals surface area contributed by atoms with Crippen molar-refractivity contribution >= 4 is 17.4 Å². The van der Waals surface area contributed by atoms with Gasteiger partial charge in [0.15, 0.2) is 5.78 Å². The lowest BCUT2D eigenvalue weighted by Gasteiger charge is -2.07. The maximum atomic E-state index is 11.3. The fourth-order valence-corrected chi connectivity index (χ4v) is 1.39. The van der Waals surface area contributed by atoms with E-state index in [0.29, 0.717) is 5.75 Å². The number of Topliss-reactive ketones (excluding diaryl/α,β-unsaturated/α-hetero) is 1. The molecule has 0 aliphatic carbocycles. The van der Waals surface area contributed by atoms with Gasteiger partial charge in [-0.05, 0) is 19.1 Å². The average molecular weight is 210 g/mol. The Morgan fingerprint density at radius 2 is 2.21 bits per heavy atom. The minimum atomic E-state index is -0.235. The van der Waals surface area contributed by atoms with E-state index in [2.05, 4.69) is 0 Å². The molecule has 0 atom stereocenters. The molecule has 0 spiro atoms. The van der Waals surface area contributed by atoms with Gasteiger partial charge in [0.1, 0.15) is 11.8 Å². The fourth-order valence-electron chi connectivity index (χ4n) is 1.19. The summed E-state index contributed by atoms with van der Waals surface area (Å²) in [6, 6.07) is 4.99. The van der Waals surface area contributed by atoms with Crippen LogP contribution in [-0.2, 0) is 0 Å². The average Bonchev–Trinajstić information content (AvgIpc) is 2.17. The smallest absolute Gasteiger partial charge is 0.164 e. The van der Waals surface area contributed by atoms with Crippen molar-refractivity contribution in [2.75, 3.05) is 7.11 Å². The van der Waals surface area contributed by atoms with E-state index in [4.69, 9.17) is 21.6 Å². The van der Waals surface area contributed by atoms with E-state index in [-0.39, 0.29) is 21.9 Å². The number of ether oxygens (including phenoxy) is 1. The quantitative estimate of drug-likeness (QED) is 0.703. The number of rotatable bonds is 2. The summed E-state index contributed by atoms with van der Waals surface area (Å²) in [5.74, 6) is 0.138. The molecule has 0 unspecified atom stereocenters. The van der Waals surface area contributed by atoms with E-state index < -0.39 is 0 Å². The molecule has 0 radical (unpaired) electrons. The molecule has 0 fully saturated rings. The van der Waals surface area contributed by atoms with Crippen molar-refractivity contribution in [2.45, 2.75) is 6.92 Å². The lowest BCUT2D eigenvalue weighted by Crippen LogP contribution is -2.01. The summed E-state index contributed by atoms with van der Waals surface area (Å²) in [6.07, 6.45) is 0. The molecule has 0 saturated heterocycles. The molecule has 1 aromatic rings. The number of carbonyl (C=O) groups excluding carboxylic acids is 1. The van der Waals surface area contributed by atoms with E-state index in [1.165, 1.54) is 20.1 Å². The second-order valence-electron chi connectivity index (χ2n) is 2.67. The number of methoxy groups -OCH3 is 1. The molecule has 4 heteroatoms. The van der Waals surface area contributed by atoms with E-state index in [1.807, 2.05) is 6.07 Å². The van der Waals surface area contributed by atoms with Crippen LogP contribution in [0.5, 0.6) is 5.75 Å². The van der Waals surface area contributed by atoms with Gasteiger partial charge in [-0.3, -0.25) is 4.79 Å². The van der Waals surface area contributed by atoms with Crippen LogP contribution in [0.25, 0.3) is 0 Å². The van der Waals surface area contributed by atoms with Gasteiger partial charge in [-0.2, -0.15) is 5.26 Å². The van der Waals surface area contributed by atoms with Crippen molar-refractivity contribution in [3.8, 4) is 11.8 Å². The number of carbonyl (C=O) groups is 1. The first kappa shape index (κ1) is 10.6. The minimum Gasteiger partial charge on any atom is -0.496 e. The van der Waals surface area contributed by atoms with Gasteiger partial charge >= 0.3 is 0 Å². The molecular weight excluding hydrogens is 202 g/mol. The first-order valence-electron chi connectivity index (χ1n) is 3.89. The van der Waals surface area contributed by atoms with Crippen LogP contribution in [0, 0.1) is 11.3 Å². The van der Waals surface area contributed by atoms with Crippen LogP contribution in [0.15, 0.2) is 12.1 Å². The third-order valence-corrected chi connectivity index (χ3v) is 2.12. The molecular formula is C10H8ClNO2. The zero-order chi connectivity index (χ0) is 10.7. The van der Waals surface area contributed by atoms with Gasteiger partial charge in [0.25, 0.3) is 0 Å². The maximum absolute atomic E-state index is 11.3. The zero-order valence-corrected chi connectivity index (χ0v) is 8.55. The van der Waals surface area contributed by atoms with Crippen LogP contribution in [0.4, 0.5) is 0 Å². The Kier molecular flexibility index (Phi) is 3.10. The molecule has 0 aliphatic heterocycles. The Morgan fingerprint density at radius 1 is 1.57 bits per heavy atom. The van der Waals surface area contributed by atoms with Gasteiger partial charge in [0.2, 0.25) is 0 Å². The van der Waals surface area contributed by atoms with E-state index >= 15 is 0 Å². The number of ketones is 1. The first-order chi connectivity index (χ1) is 6.61. The minimum absolute atomic E-state index is 0.165. The summed E-state index contributed by atoms with van der Waals surface area (Å²) in [5, 5.41) is 9.09. The van der Waals surface area contributed by atoms with Gasteiger partial charge in [-0.25, -0.2) is 0 Å². The normalized spacial score (nSPS) is 9.29. The SMILES string of the molecule is COc1ccc(Cl)c(C#N)c1C(C)=O. The highest BCUT2D eigenvalue weighted by Gasteiger charge is 2.16. The van der Waals surface area contributed by atoms with E-state index in [0.717, 1.165) is 0 Å². The standard InChI is InChI=1S/C10H8ClNO2/c1-6(13)10-7(5-12)8(11)3-4-9(10)14-2/h3-4H,1-2H3. The molecule has 0 N–H and O–H groups in total. The van der Waals surface area contributed by atoms with Gasteiger partial charge in [0.05, 0.1) is 23.3 Å². The molecule has 14 heavy (non-hydrogen) atoms. The summed E-state index contributed by atoms with van der Waals surface area (Å²) in [6.45, 7) is 1.37. The van der Waals surface area contributed by atoms with Crippen molar-refractivity contribution in [1.29, 1.82) is 5.26 Å². The lowest BCUT2D eigenvalue weighted by molar-refractivity contribution is 0.101. The van der Waals surface area contributed by atoms with Gasteiger partial charge in [-0.1, -0.05) is 11.6 Å². The molecule has 0 amide bonds. The molecule has 0 aliphatic rings. The van der Waals surface area contributed by atoms with E-state index in [1.54, 1.807) is 6.07 Å². The molecule has 0 aromatic heterocycles. The monoisotopic (exact) mass is 209 g/mol. The van der Waals surface area contributed by atoms with Crippen LogP contribution < -0.4 is 4.74 Å². The molecule has 72 valence electrons. The van der Waals surface area contributed by atoms with Crippen molar-refractivity contribution < 1.29 is 9.53 Å². The highest BCUT2D eigenvalue weighted by Crippen LogP contribution is 2.28. The summed E-state index contributed by atoms with van der Waals surface area (Å²) in [7, 11) is 1.44. The topological polar surface area (TPSA) is 50.1 Å². The van der Waals surface area contributed by atoms with Crippen molar-refractivity contribution in [3.63, 3.8) is 0 Å². The Balaban J connectivity index is 3.54. The number of nitrogens with zero attached hydrogens (tertiary/aromatic N) is 1. The first-order valence-corrected chi connectivity index (χ1v) is 4.27. The second kappa shape index (κ2) is 4.12.